The largest absolute Gasteiger partial charge is 0.380 e. The lowest BCUT2D eigenvalue weighted by Crippen LogP contribution is -2.12. The fourth-order valence-electron chi connectivity index (χ4n) is 2.72. The van der Waals surface area contributed by atoms with Crippen LogP contribution in [-0.4, -0.2) is 14.7 Å². The fourth-order valence-corrected chi connectivity index (χ4v) is 2.92. The van der Waals surface area contributed by atoms with E-state index in [1.165, 1.54) is 0 Å². The van der Waals surface area contributed by atoms with Gasteiger partial charge in [-0.2, -0.15) is 0 Å². The second-order valence-corrected chi connectivity index (χ2v) is 6.10. The fraction of sp³-hybridized carbons (Fsp3) is 0.211. The molecule has 0 fully saturated rings. The minimum Gasteiger partial charge on any atom is -0.380 e. The lowest BCUT2D eigenvalue weighted by molar-refractivity contribution is 0.204. The van der Waals surface area contributed by atoms with E-state index in [-0.39, 0.29) is 0 Å². The maximum atomic E-state index is 10.8. The molecule has 0 aliphatic heterocycles. The molecule has 1 aromatic heterocycles. The quantitative estimate of drug-likeness (QED) is 0.777. The van der Waals surface area contributed by atoms with E-state index in [1.807, 2.05) is 67.1 Å². The first-order valence-corrected chi connectivity index (χ1v) is 7.94. The third kappa shape index (κ3) is 3.16. The monoisotopic (exact) mass is 326 g/mol. The molecule has 3 rings (SSSR count). The van der Waals surface area contributed by atoms with Crippen molar-refractivity contribution in [2.75, 3.05) is 0 Å². The van der Waals surface area contributed by atoms with Gasteiger partial charge in [0.15, 0.2) is 0 Å². The van der Waals surface area contributed by atoms with Crippen LogP contribution in [0, 0.1) is 13.8 Å². The third-order valence-electron chi connectivity index (χ3n) is 4.23. The number of aliphatic hydroxyl groups excluding tert-OH is 1. The number of aryl methyl sites for hydroxylation is 1. The van der Waals surface area contributed by atoms with Crippen LogP contribution >= 0.6 is 11.6 Å². The van der Waals surface area contributed by atoms with Crippen molar-refractivity contribution < 1.29 is 5.11 Å². The van der Waals surface area contributed by atoms with Crippen LogP contribution in [0.15, 0.2) is 54.9 Å². The first-order chi connectivity index (χ1) is 11.1. The molecule has 0 aliphatic carbocycles. The zero-order chi connectivity index (χ0) is 16.4. The average Bonchev–Trinajstić information content (AvgIpc) is 3.00. The summed E-state index contributed by atoms with van der Waals surface area (Å²) >= 11 is 6.24. The van der Waals surface area contributed by atoms with E-state index in [0.717, 1.165) is 22.3 Å². The summed E-state index contributed by atoms with van der Waals surface area (Å²) in [5.74, 6) is 0.624. The molecule has 0 saturated carbocycles. The predicted octanol–water partition coefficient (Wildman–Crippen LogP) is 4.28. The Labute approximate surface area is 141 Å². The Kier molecular flexibility index (Phi) is 4.51. The van der Waals surface area contributed by atoms with Crippen molar-refractivity contribution in [3.05, 3.63) is 88.0 Å². The minimum atomic E-state index is -0.757. The Morgan fingerprint density at radius 2 is 1.91 bits per heavy atom. The third-order valence-corrected chi connectivity index (χ3v) is 4.60. The molecule has 3 aromatic rings. The summed E-state index contributed by atoms with van der Waals surface area (Å²) in [4.78, 5) is 4.36. The van der Waals surface area contributed by atoms with Gasteiger partial charge in [0.1, 0.15) is 11.9 Å². The number of hydrogen-bond acceptors (Lipinski definition) is 2. The van der Waals surface area contributed by atoms with E-state index in [1.54, 1.807) is 6.20 Å². The molecule has 3 nitrogen and oxygen atoms in total. The van der Waals surface area contributed by atoms with E-state index in [4.69, 9.17) is 11.6 Å². The standard InChI is InChI=1S/C19H19ClN2O/c1-13-6-5-8-16(14(13)2)18(23)19-21-10-11-22(19)12-15-7-3-4-9-17(15)20/h3-11,18,23H,12H2,1-2H3. The zero-order valence-corrected chi connectivity index (χ0v) is 14.0. The van der Waals surface area contributed by atoms with Crippen LogP contribution < -0.4 is 0 Å². The predicted molar refractivity (Wildman–Crippen MR) is 92.8 cm³/mol. The van der Waals surface area contributed by atoms with Crippen LogP contribution in [-0.2, 0) is 6.54 Å². The SMILES string of the molecule is Cc1cccc(C(O)c2nccn2Cc2ccccc2Cl)c1C. The topological polar surface area (TPSA) is 38.1 Å². The van der Waals surface area contributed by atoms with Crippen molar-refractivity contribution in [2.24, 2.45) is 0 Å². The second kappa shape index (κ2) is 6.57. The van der Waals surface area contributed by atoms with Gasteiger partial charge in [0.05, 0.1) is 6.54 Å². The van der Waals surface area contributed by atoms with Gasteiger partial charge in [-0.25, -0.2) is 4.98 Å². The maximum Gasteiger partial charge on any atom is 0.142 e. The highest BCUT2D eigenvalue weighted by atomic mass is 35.5. The van der Waals surface area contributed by atoms with Gasteiger partial charge in [-0.05, 0) is 42.2 Å². The Balaban J connectivity index is 1.94. The minimum absolute atomic E-state index is 0.580. The molecule has 0 amide bonds. The van der Waals surface area contributed by atoms with Crippen molar-refractivity contribution in [1.29, 1.82) is 0 Å². The molecule has 0 aliphatic rings. The number of hydrogen-bond donors (Lipinski definition) is 1. The molecular formula is C19H19ClN2O. The smallest absolute Gasteiger partial charge is 0.142 e. The average molecular weight is 327 g/mol. The van der Waals surface area contributed by atoms with Crippen LogP contribution in [0.4, 0.5) is 0 Å². The van der Waals surface area contributed by atoms with Crippen LogP contribution in [0.2, 0.25) is 5.02 Å². The van der Waals surface area contributed by atoms with Gasteiger partial charge in [0.25, 0.3) is 0 Å². The van der Waals surface area contributed by atoms with E-state index >= 15 is 0 Å². The van der Waals surface area contributed by atoms with Gasteiger partial charge in [-0.3, -0.25) is 0 Å². The van der Waals surface area contributed by atoms with E-state index in [0.29, 0.717) is 17.4 Å². The van der Waals surface area contributed by atoms with E-state index in [2.05, 4.69) is 4.98 Å². The number of benzene rings is 2. The summed E-state index contributed by atoms with van der Waals surface area (Å²) in [6.07, 6.45) is 2.82. The van der Waals surface area contributed by atoms with Gasteiger partial charge in [0.2, 0.25) is 0 Å². The highest BCUT2D eigenvalue weighted by molar-refractivity contribution is 6.31. The Bertz CT molecular complexity index is 826. The van der Waals surface area contributed by atoms with Crippen molar-refractivity contribution in [3.8, 4) is 0 Å². The highest BCUT2D eigenvalue weighted by Gasteiger charge is 2.19. The van der Waals surface area contributed by atoms with Crippen molar-refractivity contribution >= 4 is 11.6 Å². The lowest BCUT2D eigenvalue weighted by atomic mass is 9.99. The summed E-state index contributed by atoms with van der Waals surface area (Å²) in [5.41, 5.74) is 4.14. The van der Waals surface area contributed by atoms with Crippen LogP contribution in [0.25, 0.3) is 0 Å². The van der Waals surface area contributed by atoms with E-state index in [9.17, 15) is 5.11 Å². The number of rotatable bonds is 4. The molecule has 1 heterocycles. The summed E-state index contributed by atoms with van der Waals surface area (Å²) in [6.45, 7) is 4.65. The number of imidazole rings is 1. The second-order valence-electron chi connectivity index (χ2n) is 5.70. The molecule has 2 aromatic carbocycles. The van der Waals surface area contributed by atoms with Crippen LogP contribution in [0.5, 0.6) is 0 Å². The van der Waals surface area contributed by atoms with Gasteiger partial charge >= 0.3 is 0 Å². The first kappa shape index (κ1) is 15.8. The lowest BCUT2D eigenvalue weighted by Gasteiger charge is -2.17. The number of aliphatic hydroxyl groups is 1. The summed E-state index contributed by atoms with van der Waals surface area (Å²) < 4.78 is 1.94. The Morgan fingerprint density at radius 1 is 1.13 bits per heavy atom. The van der Waals surface area contributed by atoms with Crippen LogP contribution in [0.1, 0.15) is 34.2 Å². The zero-order valence-electron chi connectivity index (χ0n) is 13.2. The van der Waals surface area contributed by atoms with Crippen molar-refractivity contribution in [1.82, 2.24) is 9.55 Å². The highest BCUT2D eigenvalue weighted by Crippen LogP contribution is 2.26. The van der Waals surface area contributed by atoms with Gasteiger partial charge in [0, 0.05) is 17.4 Å². The number of aromatic nitrogens is 2. The van der Waals surface area contributed by atoms with Crippen molar-refractivity contribution in [3.63, 3.8) is 0 Å². The number of halogens is 1. The van der Waals surface area contributed by atoms with Crippen molar-refractivity contribution in [2.45, 2.75) is 26.5 Å². The van der Waals surface area contributed by atoms with E-state index < -0.39 is 6.10 Å². The molecule has 1 N–H and O–H groups in total. The normalized spacial score (nSPS) is 12.3. The van der Waals surface area contributed by atoms with Gasteiger partial charge in [-0.15, -0.1) is 0 Å². The molecule has 0 bridgehead atoms. The van der Waals surface area contributed by atoms with Gasteiger partial charge < -0.3 is 9.67 Å². The Morgan fingerprint density at radius 3 is 2.70 bits per heavy atom. The first-order valence-electron chi connectivity index (χ1n) is 7.56. The molecule has 4 heteroatoms. The summed E-state index contributed by atoms with van der Waals surface area (Å²) in [7, 11) is 0. The molecule has 118 valence electrons. The summed E-state index contributed by atoms with van der Waals surface area (Å²) in [6, 6.07) is 13.7. The molecule has 0 spiro atoms. The maximum absolute atomic E-state index is 10.8. The molecule has 0 radical (unpaired) electrons. The van der Waals surface area contributed by atoms with Gasteiger partial charge in [-0.1, -0.05) is 48.0 Å². The molecular weight excluding hydrogens is 308 g/mol. The molecule has 0 saturated heterocycles. The summed E-state index contributed by atoms with van der Waals surface area (Å²) in [5, 5.41) is 11.5. The molecule has 23 heavy (non-hydrogen) atoms. The Hall–Kier alpha value is -2.10. The van der Waals surface area contributed by atoms with Crippen LogP contribution in [0.3, 0.4) is 0 Å². The molecule has 1 atom stereocenters. The number of nitrogens with zero attached hydrogens (tertiary/aromatic N) is 2. The molecule has 1 unspecified atom stereocenters.